The zero-order valence-electron chi connectivity index (χ0n) is 38.4. The lowest BCUT2D eigenvalue weighted by atomic mass is 9.85. The number of primary amides is 1. The first-order chi connectivity index (χ1) is 31.1. The highest BCUT2D eigenvalue weighted by molar-refractivity contribution is 6.01. The highest BCUT2D eigenvalue weighted by Gasteiger charge is 2.46. The summed E-state index contributed by atoms with van der Waals surface area (Å²) in [6.45, 7) is 7.72. The number of amides is 8. The van der Waals surface area contributed by atoms with Crippen LogP contribution in [0.15, 0.2) is 54.6 Å². The van der Waals surface area contributed by atoms with Crippen LogP contribution in [0.2, 0.25) is 0 Å². The summed E-state index contributed by atoms with van der Waals surface area (Å²) in [5, 5.41) is 26.1. The second-order valence-electron chi connectivity index (χ2n) is 17.7. The molecule has 11 N–H and O–H groups in total. The predicted octanol–water partition coefficient (Wildman–Crippen LogP) is -1.66. The van der Waals surface area contributed by atoms with Crippen LogP contribution in [0.4, 0.5) is 0 Å². The molecule has 21 heteroatoms. The van der Waals surface area contributed by atoms with Gasteiger partial charge in [-0.3, -0.25) is 43.2 Å². The molecule has 2 saturated heterocycles. The van der Waals surface area contributed by atoms with Crippen LogP contribution in [0, 0.1) is 5.41 Å². The third-order valence-corrected chi connectivity index (χ3v) is 11.8. The summed E-state index contributed by atoms with van der Waals surface area (Å²) in [6.07, 6.45) is -0.554. The Hall–Kier alpha value is -6.45. The zero-order valence-corrected chi connectivity index (χ0v) is 38.4. The number of aliphatic hydroxyl groups excluding tert-OH is 1. The molecule has 8 amide bonds. The molecule has 9 atom stereocenters. The largest absolute Gasteiger partial charge is 0.469 e. The quantitative estimate of drug-likeness (QED) is 0.0715. The van der Waals surface area contributed by atoms with Crippen molar-refractivity contribution >= 4 is 53.2 Å². The maximum absolute atomic E-state index is 14.2. The molecule has 2 aromatic rings. The number of methoxy groups -OCH3 is 1. The van der Waals surface area contributed by atoms with Gasteiger partial charge in [-0.25, -0.2) is 0 Å². The molecule has 360 valence electrons. The molecule has 2 aliphatic heterocycles. The number of carbonyl (C=O) groups excluding carboxylic acids is 9. The van der Waals surface area contributed by atoms with Gasteiger partial charge in [-0.1, -0.05) is 57.2 Å². The van der Waals surface area contributed by atoms with Crippen molar-refractivity contribution in [1.29, 1.82) is 0 Å². The number of ether oxygens (including phenoxy) is 1. The van der Waals surface area contributed by atoms with Gasteiger partial charge in [-0.2, -0.15) is 0 Å². The molecule has 0 bridgehead atoms. The van der Waals surface area contributed by atoms with Crippen molar-refractivity contribution in [1.82, 2.24) is 41.7 Å². The number of likely N-dealkylation sites (N-methyl/N-ethyl adjacent to an activating group) is 1. The molecular formula is C45H64N10O11. The fourth-order valence-corrected chi connectivity index (χ4v) is 7.76. The molecule has 21 nitrogen and oxygen atoms in total. The Bertz CT molecular complexity index is 2120. The minimum atomic E-state index is -1.38. The van der Waals surface area contributed by atoms with Crippen LogP contribution in [-0.2, 0) is 38.3 Å². The molecule has 66 heavy (non-hydrogen) atoms. The second kappa shape index (κ2) is 23.1. The number of aliphatic hydroxyl groups is 1. The van der Waals surface area contributed by atoms with Gasteiger partial charge < -0.3 is 63.0 Å². The third kappa shape index (κ3) is 13.5. The fraction of sp³-hybridized carbons (Fsp3) is 0.533. The summed E-state index contributed by atoms with van der Waals surface area (Å²) in [5.41, 5.74) is 11.6. The van der Waals surface area contributed by atoms with Gasteiger partial charge >= 0.3 is 5.97 Å². The van der Waals surface area contributed by atoms with Crippen LogP contribution in [-0.4, -0.2) is 150 Å². The number of hydrogen-bond acceptors (Lipinski definition) is 13. The lowest BCUT2D eigenvalue weighted by Crippen LogP contribution is -2.59. The number of nitrogens with one attached hydrogen (secondary N) is 6. The number of esters is 1. The smallest absolute Gasteiger partial charge is 0.305 e. The Kier molecular flexibility index (Phi) is 18.3. The van der Waals surface area contributed by atoms with Gasteiger partial charge in [0.1, 0.15) is 30.2 Å². The van der Waals surface area contributed by atoms with E-state index in [2.05, 4.69) is 31.9 Å². The normalized spacial score (nSPS) is 20.4. The minimum absolute atomic E-state index is 0.00194. The summed E-state index contributed by atoms with van der Waals surface area (Å²) in [4.78, 5) is 122. The van der Waals surface area contributed by atoms with Crippen molar-refractivity contribution in [2.45, 2.75) is 115 Å². The van der Waals surface area contributed by atoms with Crippen LogP contribution in [0.3, 0.4) is 0 Å². The average Bonchev–Trinajstić information content (AvgIpc) is 3.93. The first-order valence-corrected chi connectivity index (χ1v) is 21.8. The van der Waals surface area contributed by atoms with Crippen molar-refractivity contribution in [2.24, 2.45) is 16.9 Å². The fourth-order valence-electron chi connectivity index (χ4n) is 7.76. The topological polar surface area (TPSA) is 314 Å². The maximum atomic E-state index is 14.2. The van der Waals surface area contributed by atoms with E-state index in [0.717, 1.165) is 12.7 Å². The molecule has 4 rings (SSSR count). The van der Waals surface area contributed by atoms with Gasteiger partial charge in [0, 0.05) is 42.7 Å². The molecule has 0 aliphatic carbocycles. The van der Waals surface area contributed by atoms with E-state index < -0.39 is 120 Å². The van der Waals surface area contributed by atoms with E-state index in [0.29, 0.717) is 0 Å². The van der Waals surface area contributed by atoms with Gasteiger partial charge in [0.25, 0.3) is 11.8 Å². The summed E-state index contributed by atoms with van der Waals surface area (Å²) >= 11 is 0. The van der Waals surface area contributed by atoms with Crippen LogP contribution in [0.25, 0.3) is 0 Å². The molecule has 2 heterocycles. The van der Waals surface area contributed by atoms with Crippen molar-refractivity contribution < 1.29 is 53.0 Å². The lowest BCUT2D eigenvalue weighted by molar-refractivity contribution is -0.144. The SMILES string of the molecule is CNC(C)C(=O)NC(C(=O)N1CC(NC(=O)c2cccc(C(=O)NC3CC(C(=O)NC(C)c4ccccc4)N(C(=O)C(CCC(=O)OC)NC(=O)C(N)CO)C3)c2)CC1C(N)=O)C(C)(C)C. The van der Waals surface area contributed by atoms with Crippen LogP contribution < -0.4 is 43.4 Å². The molecule has 0 saturated carbocycles. The standard InChI is InChI=1S/C45H64N10O11/c1-24(26-12-9-8-10-13-26)49-42(63)34-20-30(22-55(34)43(64)32(16-17-35(57)66-7)52-41(62)31(46)23-56)51-40(61)28-15-11-14-27(18-28)39(60)50-29-19-33(37(47)58)54(21-29)44(65)36(45(3,4)5)53-38(59)25(2)48-6/h8-15,18,24-25,29-34,36,48,56H,16-17,19-23,46H2,1-7H3,(H2,47,58)(H,49,63)(H,50,60)(H,51,61)(H,52,62)(H,53,59). The number of likely N-dealkylation sites (tertiary alicyclic amines) is 2. The Labute approximate surface area is 383 Å². The van der Waals surface area contributed by atoms with E-state index in [1.807, 2.05) is 30.3 Å². The van der Waals surface area contributed by atoms with Crippen LogP contribution >= 0.6 is 0 Å². The predicted molar refractivity (Wildman–Crippen MR) is 240 cm³/mol. The lowest BCUT2D eigenvalue weighted by Gasteiger charge is -2.35. The second-order valence-corrected chi connectivity index (χ2v) is 17.7. The highest BCUT2D eigenvalue weighted by Crippen LogP contribution is 2.27. The number of nitrogens with zero attached hydrogens (tertiary/aromatic N) is 2. The number of carbonyl (C=O) groups is 9. The summed E-state index contributed by atoms with van der Waals surface area (Å²) in [7, 11) is 2.77. The Morgan fingerprint density at radius 3 is 1.86 bits per heavy atom. The van der Waals surface area contributed by atoms with E-state index in [-0.39, 0.29) is 49.9 Å². The average molecular weight is 921 g/mol. The van der Waals surface area contributed by atoms with Gasteiger partial charge in [-0.05, 0) is 69.3 Å². The molecule has 9 unspecified atom stereocenters. The Balaban J connectivity index is 1.52. The Morgan fingerprint density at radius 2 is 1.35 bits per heavy atom. The summed E-state index contributed by atoms with van der Waals surface area (Å²) in [5.74, 6) is -5.81. The molecule has 2 aromatic carbocycles. The molecule has 0 aromatic heterocycles. The van der Waals surface area contributed by atoms with Gasteiger partial charge in [0.2, 0.25) is 35.4 Å². The first kappa shape index (κ1) is 52.2. The summed E-state index contributed by atoms with van der Waals surface area (Å²) < 4.78 is 4.72. The third-order valence-electron chi connectivity index (χ3n) is 11.8. The van der Waals surface area contributed by atoms with Gasteiger partial charge in [0.05, 0.1) is 25.8 Å². The molecular weight excluding hydrogens is 857 g/mol. The number of benzene rings is 2. The van der Waals surface area contributed by atoms with E-state index in [1.54, 1.807) is 41.7 Å². The van der Waals surface area contributed by atoms with E-state index in [1.165, 1.54) is 34.1 Å². The van der Waals surface area contributed by atoms with E-state index in [9.17, 15) is 48.3 Å². The monoisotopic (exact) mass is 920 g/mol. The van der Waals surface area contributed by atoms with Crippen molar-refractivity contribution in [3.8, 4) is 0 Å². The van der Waals surface area contributed by atoms with E-state index >= 15 is 0 Å². The van der Waals surface area contributed by atoms with Crippen LogP contribution in [0.1, 0.15) is 92.6 Å². The van der Waals surface area contributed by atoms with Crippen molar-refractivity contribution in [2.75, 3.05) is 33.9 Å². The minimum Gasteiger partial charge on any atom is -0.469 e. The maximum Gasteiger partial charge on any atom is 0.305 e. The summed E-state index contributed by atoms with van der Waals surface area (Å²) in [6, 6.07) is 6.24. The molecule has 2 fully saturated rings. The van der Waals surface area contributed by atoms with Gasteiger partial charge in [0.15, 0.2) is 0 Å². The number of rotatable bonds is 19. The van der Waals surface area contributed by atoms with Gasteiger partial charge in [-0.15, -0.1) is 0 Å². The van der Waals surface area contributed by atoms with E-state index in [4.69, 9.17) is 16.2 Å². The van der Waals surface area contributed by atoms with Crippen molar-refractivity contribution in [3.63, 3.8) is 0 Å². The number of nitrogens with two attached hydrogens (primary N) is 2. The molecule has 0 spiro atoms. The molecule has 2 aliphatic rings. The molecule has 0 radical (unpaired) electrons. The van der Waals surface area contributed by atoms with Crippen LogP contribution in [0.5, 0.6) is 0 Å². The first-order valence-electron chi connectivity index (χ1n) is 21.8. The van der Waals surface area contributed by atoms with Crippen molar-refractivity contribution in [3.05, 3.63) is 71.3 Å². The Morgan fingerprint density at radius 1 is 0.788 bits per heavy atom. The zero-order chi connectivity index (χ0) is 49.0. The highest BCUT2D eigenvalue weighted by atomic mass is 16.5. The number of hydrogen-bond donors (Lipinski definition) is 9.